The van der Waals surface area contributed by atoms with Gasteiger partial charge in [0.2, 0.25) is 0 Å². The van der Waals surface area contributed by atoms with Crippen LogP contribution in [0.2, 0.25) is 0 Å². The van der Waals surface area contributed by atoms with E-state index < -0.39 is 0 Å². The van der Waals surface area contributed by atoms with Crippen molar-refractivity contribution in [3.63, 3.8) is 0 Å². The average molecular weight is 277 g/mol. The Morgan fingerprint density at radius 2 is 1.81 bits per heavy atom. The molecule has 1 rings (SSSR count). The van der Waals surface area contributed by atoms with Crippen LogP contribution < -0.4 is 5.14 Å². The van der Waals surface area contributed by atoms with Crippen LogP contribution in [0.1, 0.15) is 46.0 Å². The quantitative estimate of drug-likeness (QED) is 0.669. The zero-order chi connectivity index (χ0) is 12.4. The molecule has 0 amide bonds. The van der Waals surface area contributed by atoms with E-state index in [1.54, 1.807) is 11.3 Å². The summed E-state index contributed by atoms with van der Waals surface area (Å²) >= 11 is 1.64. The molecule has 0 saturated carbocycles. The predicted octanol–water partition coefficient (Wildman–Crippen LogP) is 3.87. The van der Waals surface area contributed by atoms with Crippen molar-refractivity contribution in [2.24, 2.45) is 10.6 Å². The van der Waals surface area contributed by atoms with Crippen LogP contribution in [-0.2, 0) is 5.41 Å². The molecule has 92 valence electrons. The molecule has 1 aromatic rings. The van der Waals surface area contributed by atoms with Gasteiger partial charge in [-0.25, -0.2) is 0 Å². The van der Waals surface area contributed by atoms with Gasteiger partial charge in [0.1, 0.15) is 5.01 Å². The minimum atomic E-state index is 0.0774. The second-order valence-corrected chi connectivity index (χ2v) is 8.73. The second-order valence-electron chi connectivity index (χ2n) is 5.67. The third-order valence-corrected chi connectivity index (χ3v) is 5.06. The highest BCUT2D eigenvalue weighted by Gasteiger charge is 2.30. The van der Waals surface area contributed by atoms with Crippen LogP contribution in [0.4, 0.5) is 0 Å². The summed E-state index contributed by atoms with van der Waals surface area (Å²) in [5, 5.41) is 14.9. The van der Waals surface area contributed by atoms with Crippen molar-refractivity contribution in [3.05, 3.63) is 5.01 Å². The van der Waals surface area contributed by atoms with Crippen LogP contribution in [0, 0.1) is 5.41 Å². The van der Waals surface area contributed by atoms with Crippen molar-refractivity contribution >= 4 is 33.1 Å². The highest BCUT2D eigenvalue weighted by atomic mass is 33.1. The van der Waals surface area contributed by atoms with E-state index in [9.17, 15) is 0 Å². The zero-order valence-electron chi connectivity index (χ0n) is 10.4. The highest BCUT2D eigenvalue weighted by Crippen LogP contribution is 2.39. The molecule has 0 bridgehead atoms. The van der Waals surface area contributed by atoms with Gasteiger partial charge in [-0.05, 0) is 33.6 Å². The van der Waals surface area contributed by atoms with E-state index in [1.807, 2.05) is 0 Å². The largest absolute Gasteiger partial charge is 0.268 e. The van der Waals surface area contributed by atoms with Crippen LogP contribution in [-0.4, -0.2) is 10.2 Å². The maximum atomic E-state index is 5.40. The first-order chi connectivity index (χ1) is 7.24. The molecule has 0 aliphatic carbocycles. The fraction of sp³-hybridized carbons (Fsp3) is 0.800. The predicted molar refractivity (Wildman–Crippen MR) is 74.6 cm³/mol. The van der Waals surface area contributed by atoms with Gasteiger partial charge in [-0.2, -0.15) is 0 Å². The van der Waals surface area contributed by atoms with Gasteiger partial charge in [0.05, 0.1) is 0 Å². The van der Waals surface area contributed by atoms with Gasteiger partial charge in [0.15, 0.2) is 4.34 Å². The molecule has 1 aromatic heterocycles. The lowest BCUT2D eigenvalue weighted by Gasteiger charge is -2.30. The lowest BCUT2D eigenvalue weighted by molar-refractivity contribution is 0.282. The van der Waals surface area contributed by atoms with Gasteiger partial charge in [-0.15, -0.1) is 10.2 Å². The molecule has 0 spiro atoms. The van der Waals surface area contributed by atoms with Crippen LogP contribution in [0.25, 0.3) is 0 Å². The topological polar surface area (TPSA) is 51.8 Å². The fourth-order valence-electron chi connectivity index (χ4n) is 1.96. The molecule has 0 aliphatic rings. The molecule has 0 aliphatic heterocycles. The van der Waals surface area contributed by atoms with Gasteiger partial charge in [0, 0.05) is 5.41 Å². The minimum Gasteiger partial charge on any atom is -0.268 e. The van der Waals surface area contributed by atoms with Crippen LogP contribution in [0.5, 0.6) is 0 Å². The Labute approximate surface area is 110 Å². The first-order valence-corrected chi connectivity index (χ1v) is 8.15. The summed E-state index contributed by atoms with van der Waals surface area (Å²) in [5.41, 5.74) is 0.374. The molecular weight excluding hydrogens is 258 g/mol. The molecule has 0 atom stereocenters. The first kappa shape index (κ1) is 14.3. The van der Waals surface area contributed by atoms with Crippen molar-refractivity contribution in [1.82, 2.24) is 10.2 Å². The van der Waals surface area contributed by atoms with Crippen molar-refractivity contribution in [2.45, 2.75) is 50.8 Å². The third kappa shape index (κ3) is 4.24. The average Bonchev–Trinajstić information content (AvgIpc) is 2.49. The number of aromatic nitrogens is 2. The maximum Gasteiger partial charge on any atom is 0.186 e. The molecule has 16 heavy (non-hydrogen) atoms. The number of rotatable bonds is 4. The van der Waals surface area contributed by atoms with Crippen LogP contribution >= 0.6 is 33.1 Å². The van der Waals surface area contributed by atoms with Crippen molar-refractivity contribution in [1.29, 1.82) is 0 Å². The Morgan fingerprint density at radius 3 is 2.31 bits per heavy atom. The summed E-state index contributed by atoms with van der Waals surface area (Å²) in [6, 6.07) is 0. The lowest BCUT2D eigenvalue weighted by atomic mass is 9.77. The van der Waals surface area contributed by atoms with Gasteiger partial charge in [-0.3, -0.25) is 5.14 Å². The Kier molecular flexibility index (Phi) is 4.68. The normalized spacial score (nSPS) is 13.1. The molecule has 0 unspecified atom stereocenters. The maximum absolute atomic E-state index is 5.40. The first-order valence-electron chi connectivity index (χ1n) is 5.12. The van der Waals surface area contributed by atoms with E-state index in [0.29, 0.717) is 5.41 Å². The van der Waals surface area contributed by atoms with Crippen molar-refractivity contribution in [3.8, 4) is 0 Å². The van der Waals surface area contributed by atoms with E-state index in [4.69, 9.17) is 5.14 Å². The number of hydrogen-bond acceptors (Lipinski definition) is 6. The van der Waals surface area contributed by atoms with Crippen LogP contribution in [0.15, 0.2) is 4.34 Å². The fourth-order valence-corrected chi connectivity index (χ4v) is 4.17. The molecule has 0 fully saturated rings. The summed E-state index contributed by atoms with van der Waals surface area (Å²) in [6.07, 6.45) is 1.09. The molecule has 1 heterocycles. The Hall–Kier alpha value is 0.220. The lowest BCUT2D eigenvalue weighted by Crippen LogP contribution is -2.24. The molecule has 6 heteroatoms. The number of nitrogens with zero attached hydrogens (tertiary/aromatic N) is 2. The van der Waals surface area contributed by atoms with Crippen molar-refractivity contribution < 1.29 is 0 Å². The zero-order valence-corrected chi connectivity index (χ0v) is 12.9. The van der Waals surface area contributed by atoms with E-state index in [0.717, 1.165) is 15.8 Å². The molecule has 2 N–H and O–H groups in total. The summed E-state index contributed by atoms with van der Waals surface area (Å²) < 4.78 is 0.935. The van der Waals surface area contributed by atoms with Gasteiger partial charge in [-0.1, -0.05) is 46.0 Å². The molecule has 0 saturated heterocycles. The second kappa shape index (κ2) is 5.25. The number of hydrogen-bond donors (Lipinski definition) is 1. The summed E-state index contributed by atoms with van der Waals surface area (Å²) in [4.78, 5) is 0. The van der Waals surface area contributed by atoms with Gasteiger partial charge in [0.25, 0.3) is 0 Å². The van der Waals surface area contributed by atoms with Crippen LogP contribution in [0.3, 0.4) is 0 Å². The summed E-state index contributed by atoms with van der Waals surface area (Å²) in [6.45, 7) is 11.2. The van der Waals surface area contributed by atoms with Crippen molar-refractivity contribution in [2.75, 3.05) is 0 Å². The Bertz CT molecular complexity index is 341. The Balaban J connectivity index is 2.81. The Morgan fingerprint density at radius 1 is 1.19 bits per heavy atom. The highest BCUT2D eigenvalue weighted by molar-refractivity contribution is 8.76. The third-order valence-electron chi connectivity index (χ3n) is 2.08. The molecular formula is C10H19N3S3. The number of nitrogens with two attached hydrogens (primary N) is 1. The smallest absolute Gasteiger partial charge is 0.186 e. The monoisotopic (exact) mass is 277 g/mol. The van der Waals surface area contributed by atoms with E-state index in [-0.39, 0.29) is 5.41 Å². The van der Waals surface area contributed by atoms with E-state index in [1.165, 1.54) is 21.8 Å². The van der Waals surface area contributed by atoms with Gasteiger partial charge < -0.3 is 0 Å². The molecule has 0 aromatic carbocycles. The SMILES string of the molecule is CC(C)(C)CC(C)(C)c1nnc(SSN)s1. The minimum absolute atomic E-state index is 0.0774. The summed E-state index contributed by atoms with van der Waals surface area (Å²) in [5.74, 6) is 0. The van der Waals surface area contributed by atoms with E-state index in [2.05, 4.69) is 44.8 Å². The van der Waals surface area contributed by atoms with E-state index >= 15 is 0 Å². The summed E-state index contributed by atoms with van der Waals surface area (Å²) in [7, 11) is 2.69. The molecule has 3 nitrogen and oxygen atoms in total. The van der Waals surface area contributed by atoms with Gasteiger partial charge >= 0.3 is 0 Å². The molecule has 0 radical (unpaired) electrons. The standard InChI is InChI=1S/C10H19N3S3/c1-9(2,3)6-10(4,5)7-12-13-8(14-7)15-16-11/h6,11H2,1-5H3.